The quantitative estimate of drug-likeness (QED) is 0.501. The van der Waals surface area contributed by atoms with E-state index in [9.17, 15) is 4.79 Å². The number of rotatable bonds is 4. The van der Waals surface area contributed by atoms with Gasteiger partial charge < -0.3 is 0 Å². The Morgan fingerprint density at radius 1 is 1.26 bits per heavy atom. The lowest BCUT2D eigenvalue weighted by molar-refractivity contribution is -0.684. The fourth-order valence-electron chi connectivity index (χ4n) is 1.52. The molecule has 0 bridgehead atoms. The second-order valence-corrected chi connectivity index (χ2v) is 3.99. The molecule has 1 amide bonds. The predicted octanol–water partition coefficient (Wildman–Crippen LogP) is 0.909. The highest BCUT2D eigenvalue weighted by molar-refractivity contribution is 5.97. The minimum atomic E-state index is -0.175. The first kappa shape index (κ1) is 12.9. The van der Waals surface area contributed by atoms with Crippen LogP contribution in [0.1, 0.15) is 12.6 Å². The molecule has 19 heavy (non-hydrogen) atoms. The van der Waals surface area contributed by atoms with E-state index >= 15 is 0 Å². The lowest BCUT2D eigenvalue weighted by atomic mass is 10.3. The molecule has 0 aromatic carbocycles. The SMILES string of the molecule is C/C(=N/NC(=O)C[n+]1ccccc1)c1ccccn1. The average molecular weight is 255 g/mol. The number of aromatic nitrogens is 2. The number of hydrazone groups is 1. The smallest absolute Gasteiger partial charge is 0.266 e. The van der Waals surface area contributed by atoms with Crippen LogP contribution in [-0.4, -0.2) is 16.6 Å². The maximum absolute atomic E-state index is 11.7. The number of hydrogen-bond donors (Lipinski definition) is 1. The van der Waals surface area contributed by atoms with Crippen molar-refractivity contribution in [3.05, 3.63) is 60.7 Å². The van der Waals surface area contributed by atoms with Gasteiger partial charge >= 0.3 is 5.91 Å². The zero-order valence-corrected chi connectivity index (χ0v) is 10.7. The molecule has 96 valence electrons. The molecule has 0 saturated heterocycles. The van der Waals surface area contributed by atoms with Crippen molar-refractivity contribution in [3.63, 3.8) is 0 Å². The first-order valence-electron chi connectivity index (χ1n) is 5.94. The van der Waals surface area contributed by atoms with Crippen molar-refractivity contribution in [2.75, 3.05) is 0 Å². The number of amides is 1. The molecular formula is C14H15N4O+. The molecule has 2 heterocycles. The standard InChI is InChI=1S/C14H14N4O/c1-12(13-7-3-4-8-15-13)16-17-14(19)11-18-9-5-2-6-10-18/h2-10H,11H2,1H3/p+1. The molecule has 0 atom stereocenters. The third-order valence-corrected chi connectivity index (χ3v) is 2.49. The van der Waals surface area contributed by atoms with Crippen LogP contribution in [0.25, 0.3) is 0 Å². The van der Waals surface area contributed by atoms with Gasteiger partial charge in [-0.1, -0.05) is 12.1 Å². The molecule has 0 aliphatic rings. The summed E-state index contributed by atoms with van der Waals surface area (Å²) in [6.07, 6.45) is 5.35. The summed E-state index contributed by atoms with van der Waals surface area (Å²) in [4.78, 5) is 15.8. The minimum Gasteiger partial charge on any atom is -0.266 e. The van der Waals surface area contributed by atoms with Gasteiger partial charge in [0.25, 0.3) is 0 Å². The maximum atomic E-state index is 11.7. The van der Waals surface area contributed by atoms with E-state index in [1.54, 1.807) is 17.7 Å². The van der Waals surface area contributed by atoms with Crippen LogP contribution < -0.4 is 9.99 Å². The van der Waals surface area contributed by atoms with Crippen LogP contribution in [0.4, 0.5) is 0 Å². The van der Waals surface area contributed by atoms with Crippen molar-refractivity contribution in [3.8, 4) is 0 Å². The first-order chi connectivity index (χ1) is 9.25. The third-order valence-electron chi connectivity index (χ3n) is 2.49. The van der Waals surface area contributed by atoms with E-state index in [1.807, 2.05) is 48.8 Å². The summed E-state index contributed by atoms with van der Waals surface area (Å²) in [6, 6.07) is 11.2. The number of hydrogen-bond acceptors (Lipinski definition) is 3. The van der Waals surface area contributed by atoms with Crippen molar-refractivity contribution in [1.29, 1.82) is 0 Å². The Morgan fingerprint density at radius 2 is 2.05 bits per heavy atom. The monoisotopic (exact) mass is 255 g/mol. The molecule has 2 aromatic heterocycles. The Balaban J connectivity index is 1.93. The van der Waals surface area contributed by atoms with Crippen LogP contribution in [0.5, 0.6) is 0 Å². The summed E-state index contributed by atoms with van der Waals surface area (Å²) in [5.74, 6) is -0.175. The van der Waals surface area contributed by atoms with Crippen LogP contribution in [0.3, 0.4) is 0 Å². The number of nitrogens with zero attached hydrogens (tertiary/aromatic N) is 3. The lowest BCUT2D eigenvalue weighted by Gasteiger charge is -2.00. The molecule has 5 nitrogen and oxygen atoms in total. The van der Waals surface area contributed by atoms with Crippen molar-refractivity contribution in [2.45, 2.75) is 13.5 Å². The van der Waals surface area contributed by atoms with E-state index in [1.165, 1.54) is 0 Å². The summed E-state index contributed by atoms with van der Waals surface area (Å²) >= 11 is 0. The summed E-state index contributed by atoms with van der Waals surface area (Å²) in [5, 5.41) is 4.03. The highest BCUT2D eigenvalue weighted by atomic mass is 16.2. The highest BCUT2D eigenvalue weighted by Crippen LogP contribution is 1.94. The summed E-state index contributed by atoms with van der Waals surface area (Å²) in [5.41, 5.74) is 3.94. The zero-order chi connectivity index (χ0) is 13.5. The zero-order valence-electron chi connectivity index (χ0n) is 10.7. The van der Waals surface area contributed by atoms with Gasteiger partial charge in [0.1, 0.15) is 0 Å². The number of pyridine rings is 2. The van der Waals surface area contributed by atoms with E-state index in [0.717, 1.165) is 5.69 Å². The van der Waals surface area contributed by atoms with Crippen molar-refractivity contribution in [1.82, 2.24) is 10.4 Å². The minimum absolute atomic E-state index is 0.175. The average Bonchev–Trinajstić information content (AvgIpc) is 2.47. The topological polar surface area (TPSA) is 58.2 Å². The van der Waals surface area contributed by atoms with Gasteiger partial charge in [-0.15, -0.1) is 0 Å². The molecule has 2 aromatic rings. The van der Waals surface area contributed by atoms with Gasteiger partial charge in [-0.3, -0.25) is 9.78 Å². The van der Waals surface area contributed by atoms with Crippen molar-refractivity contribution in [2.24, 2.45) is 5.10 Å². The molecule has 0 aliphatic carbocycles. The highest BCUT2D eigenvalue weighted by Gasteiger charge is 2.07. The lowest BCUT2D eigenvalue weighted by Crippen LogP contribution is -2.41. The van der Waals surface area contributed by atoms with Gasteiger partial charge in [-0.2, -0.15) is 9.67 Å². The van der Waals surface area contributed by atoms with Gasteiger partial charge in [0.2, 0.25) is 6.54 Å². The molecule has 0 saturated carbocycles. The number of carbonyl (C=O) groups is 1. The Hall–Kier alpha value is -2.56. The van der Waals surface area contributed by atoms with Gasteiger partial charge in [0.15, 0.2) is 12.4 Å². The molecule has 0 fully saturated rings. The summed E-state index contributed by atoms with van der Waals surface area (Å²) in [7, 11) is 0. The van der Waals surface area contributed by atoms with Gasteiger partial charge in [0, 0.05) is 18.3 Å². The fourth-order valence-corrected chi connectivity index (χ4v) is 1.52. The molecule has 0 aliphatic heterocycles. The molecule has 0 radical (unpaired) electrons. The largest absolute Gasteiger partial charge is 0.305 e. The van der Waals surface area contributed by atoms with E-state index in [0.29, 0.717) is 5.71 Å². The van der Waals surface area contributed by atoms with Crippen LogP contribution in [-0.2, 0) is 11.3 Å². The second-order valence-electron chi connectivity index (χ2n) is 3.99. The van der Waals surface area contributed by atoms with Crippen LogP contribution in [0.15, 0.2) is 60.1 Å². The molecule has 5 heteroatoms. The number of nitrogens with one attached hydrogen (secondary N) is 1. The third kappa shape index (κ3) is 3.99. The Morgan fingerprint density at radius 3 is 2.74 bits per heavy atom. The van der Waals surface area contributed by atoms with Crippen molar-refractivity contribution >= 4 is 11.6 Å². The molecule has 1 N–H and O–H groups in total. The Bertz CT molecular complexity index is 567. The normalized spacial score (nSPS) is 11.1. The molecule has 0 unspecified atom stereocenters. The molecule has 2 rings (SSSR count). The fraction of sp³-hybridized carbons (Fsp3) is 0.143. The van der Waals surface area contributed by atoms with E-state index in [4.69, 9.17) is 0 Å². The van der Waals surface area contributed by atoms with Crippen LogP contribution in [0, 0.1) is 0 Å². The maximum Gasteiger partial charge on any atom is 0.305 e. The van der Waals surface area contributed by atoms with Gasteiger partial charge in [-0.05, 0) is 19.1 Å². The Labute approximate surface area is 111 Å². The summed E-state index contributed by atoms with van der Waals surface area (Å²) < 4.78 is 1.78. The van der Waals surface area contributed by atoms with Crippen LogP contribution in [0.2, 0.25) is 0 Å². The molecule has 0 spiro atoms. The summed E-state index contributed by atoms with van der Waals surface area (Å²) in [6.45, 7) is 2.04. The Kier molecular flexibility index (Phi) is 4.34. The molecular weight excluding hydrogens is 240 g/mol. The van der Waals surface area contributed by atoms with Crippen molar-refractivity contribution < 1.29 is 9.36 Å². The predicted molar refractivity (Wildman–Crippen MR) is 71.2 cm³/mol. The van der Waals surface area contributed by atoms with Gasteiger partial charge in [0.05, 0.1) is 11.4 Å². The van der Waals surface area contributed by atoms with Crippen LogP contribution >= 0.6 is 0 Å². The second kappa shape index (κ2) is 6.39. The van der Waals surface area contributed by atoms with E-state index in [-0.39, 0.29) is 12.5 Å². The van der Waals surface area contributed by atoms with E-state index < -0.39 is 0 Å². The van der Waals surface area contributed by atoms with E-state index in [2.05, 4.69) is 15.5 Å². The van der Waals surface area contributed by atoms with Gasteiger partial charge in [-0.25, -0.2) is 5.43 Å². The number of carbonyl (C=O) groups excluding carboxylic acids is 1. The first-order valence-corrected chi connectivity index (χ1v) is 5.94.